The fourth-order valence-electron chi connectivity index (χ4n) is 3.69. The van der Waals surface area contributed by atoms with Crippen molar-refractivity contribution in [2.45, 2.75) is 18.9 Å². The third-order valence-corrected chi connectivity index (χ3v) is 5.10. The van der Waals surface area contributed by atoms with Crippen LogP contribution in [0.15, 0.2) is 42.5 Å². The van der Waals surface area contributed by atoms with E-state index in [2.05, 4.69) is 0 Å². The van der Waals surface area contributed by atoms with E-state index in [1.165, 1.54) is 0 Å². The highest BCUT2D eigenvalue weighted by atomic mass is 16.5. The van der Waals surface area contributed by atoms with Crippen LogP contribution in [0.1, 0.15) is 23.2 Å². The fourth-order valence-corrected chi connectivity index (χ4v) is 3.69. The molecular formula is C20H22N2O3. The number of carbonyl (C=O) groups excluding carboxylic acids is 2. The average molecular weight is 338 g/mol. The lowest BCUT2D eigenvalue weighted by Gasteiger charge is -2.36. The van der Waals surface area contributed by atoms with Crippen LogP contribution in [0.25, 0.3) is 10.8 Å². The average Bonchev–Trinajstić information content (AvgIpc) is 3.21. The molecule has 1 atom stereocenters. The van der Waals surface area contributed by atoms with E-state index in [1.807, 2.05) is 52.3 Å². The molecule has 5 nitrogen and oxygen atoms in total. The predicted octanol–water partition coefficient (Wildman–Crippen LogP) is 2.30. The van der Waals surface area contributed by atoms with E-state index in [9.17, 15) is 9.59 Å². The first-order chi connectivity index (χ1) is 12.2. The number of ether oxygens (including phenoxy) is 1. The number of hydrogen-bond donors (Lipinski definition) is 0. The summed E-state index contributed by atoms with van der Waals surface area (Å²) in [6.45, 7) is 2.97. The molecule has 25 heavy (non-hydrogen) atoms. The molecule has 2 aromatic carbocycles. The van der Waals surface area contributed by atoms with Crippen LogP contribution in [0.5, 0.6) is 0 Å². The Kier molecular flexibility index (Phi) is 4.40. The molecule has 2 aromatic rings. The number of hydrogen-bond acceptors (Lipinski definition) is 3. The quantitative estimate of drug-likeness (QED) is 0.844. The Morgan fingerprint density at radius 2 is 1.64 bits per heavy atom. The molecule has 5 heteroatoms. The summed E-state index contributed by atoms with van der Waals surface area (Å²) >= 11 is 0. The largest absolute Gasteiger partial charge is 0.368 e. The Morgan fingerprint density at radius 3 is 2.40 bits per heavy atom. The van der Waals surface area contributed by atoms with Gasteiger partial charge in [-0.1, -0.05) is 36.4 Å². The van der Waals surface area contributed by atoms with Crippen LogP contribution in [-0.2, 0) is 9.53 Å². The number of fused-ring (bicyclic) bond motifs is 1. The second-order valence-corrected chi connectivity index (χ2v) is 6.65. The van der Waals surface area contributed by atoms with E-state index in [0.29, 0.717) is 32.8 Å². The monoisotopic (exact) mass is 338 g/mol. The molecule has 0 saturated carbocycles. The number of nitrogens with zero attached hydrogens (tertiary/aromatic N) is 2. The molecule has 2 aliphatic heterocycles. The number of benzene rings is 2. The van der Waals surface area contributed by atoms with Crippen LogP contribution >= 0.6 is 0 Å². The molecule has 0 unspecified atom stereocenters. The van der Waals surface area contributed by atoms with Crippen molar-refractivity contribution < 1.29 is 14.3 Å². The smallest absolute Gasteiger partial charge is 0.254 e. The zero-order chi connectivity index (χ0) is 17.2. The summed E-state index contributed by atoms with van der Waals surface area (Å²) < 4.78 is 5.49. The lowest BCUT2D eigenvalue weighted by molar-refractivity contribution is -0.142. The molecule has 0 spiro atoms. The van der Waals surface area contributed by atoms with Gasteiger partial charge in [-0.2, -0.15) is 0 Å². The second-order valence-electron chi connectivity index (χ2n) is 6.65. The minimum atomic E-state index is -0.277. The van der Waals surface area contributed by atoms with Gasteiger partial charge in [-0.05, 0) is 29.7 Å². The van der Waals surface area contributed by atoms with Crippen LogP contribution in [0.3, 0.4) is 0 Å². The van der Waals surface area contributed by atoms with Gasteiger partial charge in [0.2, 0.25) is 0 Å². The molecule has 0 bridgehead atoms. The van der Waals surface area contributed by atoms with E-state index < -0.39 is 0 Å². The van der Waals surface area contributed by atoms with Crippen molar-refractivity contribution in [3.8, 4) is 0 Å². The van der Waals surface area contributed by atoms with Crippen molar-refractivity contribution in [2.24, 2.45) is 0 Å². The van der Waals surface area contributed by atoms with Crippen molar-refractivity contribution in [1.82, 2.24) is 9.80 Å². The van der Waals surface area contributed by atoms with E-state index >= 15 is 0 Å². The molecule has 2 amide bonds. The maximum Gasteiger partial charge on any atom is 0.254 e. The molecule has 2 saturated heterocycles. The van der Waals surface area contributed by atoms with Gasteiger partial charge in [-0.15, -0.1) is 0 Å². The summed E-state index contributed by atoms with van der Waals surface area (Å²) in [6, 6.07) is 13.8. The maximum atomic E-state index is 12.9. The van der Waals surface area contributed by atoms with Crippen LogP contribution in [0.4, 0.5) is 0 Å². The Hall–Kier alpha value is -2.40. The maximum absolute atomic E-state index is 12.9. The van der Waals surface area contributed by atoms with Gasteiger partial charge in [0.25, 0.3) is 11.8 Å². The zero-order valence-electron chi connectivity index (χ0n) is 14.2. The van der Waals surface area contributed by atoms with Gasteiger partial charge in [-0.25, -0.2) is 0 Å². The minimum Gasteiger partial charge on any atom is -0.368 e. The van der Waals surface area contributed by atoms with Crippen molar-refractivity contribution in [3.63, 3.8) is 0 Å². The van der Waals surface area contributed by atoms with Gasteiger partial charge in [0.1, 0.15) is 6.10 Å². The number of amides is 2. The van der Waals surface area contributed by atoms with Gasteiger partial charge < -0.3 is 14.5 Å². The van der Waals surface area contributed by atoms with Gasteiger partial charge >= 0.3 is 0 Å². The first-order valence-electron chi connectivity index (χ1n) is 8.91. The summed E-state index contributed by atoms with van der Waals surface area (Å²) in [5.74, 6) is 0.121. The normalized spacial score (nSPS) is 20.9. The highest BCUT2D eigenvalue weighted by Gasteiger charge is 2.31. The molecule has 0 N–H and O–H groups in total. The third kappa shape index (κ3) is 3.12. The van der Waals surface area contributed by atoms with Crippen LogP contribution < -0.4 is 0 Å². The molecule has 2 aliphatic rings. The molecule has 0 aliphatic carbocycles. The van der Waals surface area contributed by atoms with E-state index in [0.717, 1.165) is 29.2 Å². The molecular weight excluding hydrogens is 316 g/mol. The Labute approximate surface area is 147 Å². The first-order valence-corrected chi connectivity index (χ1v) is 8.91. The van der Waals surface area contributed by atoms with Crippen molar-refractivity contribution in [1.29, 1.82) is 0 Å². The van der Waals surface area contributed by atoms with Gasteiger partial charge in [-0.3, -0.25) is 9.59 Å². The Balaban J connectivity index is 1.45. The predicted molar refractivity (Wildman–Crippen MR) is 95.4 cm³/mol. The SMILES string of the molecule is O=C(c1cccc2ccccc12)N1CCN(C(=O)[C@@H]2CCCO2)CC1. The summed E-state index contributed by atoms with van der Waals surface area (Å²) in [5, 5.41) is 2.05. The number of piperazine rings is 1. The molecule has 0 aromatic heterocycles. The molecule has 130 valence electrons. The van der Waals surface area contributed by atoms with Crippen LogP contribution in [0, 0.1) is 0 Å². The molecule has 4 rings (SSSR count). The second kappa shape index (κ2) is 6.84. The summed E-state index contributed by atoms with van der Waals surface area (Å²) in [7, 11) is 0. The fraction of sp³-hybridized carbons (Fsp3) is 0.400. The first kappa shape index (κ1) is 16.1. The molecule has 2 heterocycles. The number of rotatable bonds is 2. The summed E-state index contributed by atoms with van der Waals surface area (Å²) in [6.07, 6.45) is 1.49. The zero-order valence-corrected chi connectivity index (χ0v) is 14.2. The van der Waals surface area contributed by atoms with E-state index in [4.69, 9.17) is 4.74 Å². The molecule has 0 radical (unpaired) electrons. The molecule has 2 fully saturated rings. The summed E-state index contributed by atoms with van der Waals surface area (Å²) in [5.41, 5.74) is 0.733. The number of carbonyl (C=O) groups is 2. The Morgan fingerprint density at radius 1 is 0.920 bits per heavy atom. The lowest BCUT2D eigenvalue weighted by Crippen LogP contribution is -2.52. The van der Waals surface area contributed by atoms with E-state index in [1.54, 1.807) is 0 Å². The van der Waals surface area contributed by atoms with E-state index in [-0.39, 0.29) is 17.9 Å². The van der Waals surface area contributed by atoms with Crippen LogP contribution in [0.2, 0.25) is 0 Å². The van der Waals surface area contributed by atoms with Crippen LogP contribution in [-0.4, -0.2) is 60.5 Å². The highest BCUT2D eigenvalue weighted by Crippen LogP contribution is 2.21. The van der Waals surface area contributed by atoms with Gasteiger partial charge in [0.05, 0.1) is 0 Å². The van der Waals surface area contributed by atoms with Gasteiger partial charge in [0, 0.05) is 38.3 Å². The van der Waals surface area contributed by atoms with Crippen molar-refractivity contribution in [2.75, 3.05) is 32.8 Å². The standard InChI is InChI=1S/C20H22N2O3/c23-19(17-8-3-6-15-5-1-2-7-16(15)17)21-10-12-22(13-11-21)20(24)18-9-4-14-25-18/h1-3,5-8,18H,4,9-14H2/t18-/m0/s1. The third-order valence-electron chi connectivity index (χ3n) is 5.10. The Bertz CT molecular complexity index is 785. The topological polar surface area (TPSA) is 49.9 Å². The van der Waals surface area contributed by atoms with Crippen molar-refractivity contribution in [3.05, 3.63) is 48.0 Å². The van der Waals surface area contributed by atoms with Gasteiger partial charge in [0.15, 0.2) is 0 Å². The lowest BCUT2D eigenvalue weighted by atomic mass is 10.0. The van der Waals surface area contributed by atoms with Crippen molar-refractivity contribution >= 4 is 22.6 Å². The summed E-state index contributed by atoms with van der Waals surface area (Å²) in [4.78, 5) is 29.0. The minimum absolute atomic E-state index is 0.0426. The highest BCUT2D eigenvalue weighted by molar-refractivity contribution is 6.07.